The van der Waals surface area contributed by atoms with Gasteiger partial charge in [0.05, 0.1) is 20.1 Å². The van der Waals surface area contributed by atoms with E-state index in [1.165, 1.54) is 14.2 Å². The lowest BCUT2D eigenvalue weighted by Gasteiger charge is -2.19. The fourth-order valence-corrected chi connectivity index (χ4v) is 2.69. The summed E-state index contributed by atoms with van der Waals surface area (Å²) in [6.07, 6.45) is 0.0905. The molecule has 0 saturated heterocycles. The van der Waals surface area contributed by atoms with E-state index in [-0.39, 0.29) is 6.42 Å². The van der Waals surface area contributed by atoms with Crippen LogP contribution in [0.15, 0.2) is 54.6 Å². The number of hydrogen-bond donors (Lipinski definition) is 1. The molecule has 0 heterocycles. The van der Waals surface area contributed by atoms with Gasteiger partial charge in [0.25, 0.3) is 5.91 Å². The summed E-state index contributed by atoms with van der Waals surface area (Å²) in [4.78, 5) is 36.1. The van der Waals surface area contributed by atoms with Crippen molar-refractivity contribution in [3.8, 4) is 11.1 Å². The predicted molar refractivity (Wildman–Crippen MR) is 101 cm³/mol. The van der Waals surface area contributed by atoms with Gasteiger partial charge in [-0.25, -0.2) is 4.79 Å². The minimum atomic E-state index is -0.939. The van der Waals surface area contributed by atoms with Crippen molar-refractivity contribution in [2.24, 2.45) is 5.92 Å². The highest BCUT2D eigenvalue weighted by atomic mass is 16.5. The molecule has 0 fully saturated rings. The van der Waals surface area contributed by atoms with Crippen LogP contribution in [0.1, 0.15) is 23.7 Å². The molecule has 0 unspecified atom stereocenters. The van der Waals surface area contributed by atoms with Crippen molar-refractivity contribution in [2.45, 2.75) is 19.4 Å². The molecule has 0 spiro atoms. The van der Waals surface area contributed by atoms with E-state index in [0.717, 1.165) is 11.1 Å². The van der Waals surface area contributed by atoms with E-state index in [2.05, 4.69) is 10.1 Å². The molecule has 6 nitrogen and oxygen atoms in total. The molecule has 0 aliphatic carbocycles. The number of amides is 1. The zero-order valence-corrected chi connectivity index (χ0v) is 15.6. The van der Waals surface area contributed by atoms with Gasteiger partial charge in [0, 0.05) is 5.56 Å². The summed E-state index contributed by atoms with van der Waals surface area (Å²) in [5.41, 5.74) is 2.44. The van der Waals surface area contributed by atoms with Gasteiger partial charge in [0.2, 0.25) is 0 Å². The van der Waals surface area contributed by atoms with Gasteiger partial charge >= 0.3 is 11.9 Å². The monoisotopic (exact) mass is 369 g/mol. The summed E-state index contributed by atoms with van der Waals surface area (Å²) in [5, 5.41) is 2.63. The SMILES string of the molecule is COC(=O)[C@H](C)C[C@H](NC(=O)c1ccc(-c2ccccc2)cc1)C(=O)OC. The third-order valence-corrected chi connectivity index (χ3v) is 4.24. The molecule has 0 saturated carbocycles. The number of hydrogen-bond acceptors (Lipinski definition) is 5. The number of benzene rings is 2. The molecule has 27 heavy (non-hydrogen) atoms. The fourth-order valence-electron chi connectivity index (χ4n) is 2.69. The number of carbonyl (C=O) groups excluding carboxylic acids is 3. The van der Waals surface area contributed by atoms with Crippen LogP contribution in [-0.4, -0.2) is 38.1 Å². The third kappa shape index (κ3) is 5.41. The Hall–Kier alpha value is -3.15. The molecule has 2 rings (SSSR count). The van der Waals surface area contributed by atoms with Crippen molar-refractivity contribution in [2.75, 3.05) is 14.2 Å². The lowest BCUT2D eigenvalue weighted by atomic mass is 10.0. The molecule has 0 radical (unpaired) electrons. The molecule has 2 aromatic carbocycles. The second-order valence-corrected chi connectivity index (χ2v) is 6.15. The van der Waals surface area contributed by atoms with E-state index >= 15 is 0 Å². The Balaban J connectivity index is 2.10. The van der Waals surface area contributed by atoms with Crippen LogP contribution >= 0.6 is 0 Å². The van der Waals surface area contributed by atoms with Crippen LogP contribution in [0, 0.1) is 5.92 Å². The van der Waals surface area contributed by atoms with Crippen molar-refractivity contribution < 1.29 is 23.9 Å². The standard InChI is InChI=1S/C21H23NO5/c1-14(20(24)26-2)13-18(21(25)27-3)22-19(23)17-11-9-16(10-12-17)15-7-5-4-6-8-15/h4-12,14,18H,13H2,1-3H3,(H,22,23)/t14-,18+/m1/s1. The van der Waals surface area contributed by atoms with Gasteiger partial charge in [-0.05, 0) is 29.7 Å². The van der Waals surface area contributed by atoms with Crippen LogP contribution in [0.5, 0.6) is 0 Å². The summed E-state index contributed by atoms with van der Waals surface area (Å²) in [5.74, 6) is -2.03. The van der Waals surface area contributed by atoms with Gasteiger partial charge in [-0.2, -0.15) is 0 Å². The van der Waals surface area contributed by atoms with Crippen molar-refractivity contribution >= 4 is 17.8 Å². The maximum Gasteiger partial charge on any atom is 0.328 e. The molecular weight excluding hydrogens is 346 g/mol. The molecule has 0 aliphatic rings. The zero-order chi connectivity index (χ0) is 19.8. The van der Waals surface area contributed by atoms with E-state index in [1.54, 1.807) is 19.1 Å². The number of ether oxygens (including phenoxy) is 2. The predicted octanol–water partition coefficient (Wildman–Crippen LogP) is 2.82. The molecule has 0 aromatic heterocycles. The minimum Gasteiger partial charge on any atom is -0.469 e. The van der Waals surface area contributed by atoms with Crippen molar-refractivity contribution in [3.63, 3.8) is 0 Å². The molecule has 2 aromatic rings. The summed E-state index contributed by atoms with van der Waals surface area (Å²) in [6, 6.07) is 15.9. The highest BCUT2D eigenvalue weighted by molar-refractivity contribution is 5.97. The van der Waals surface area contributed by atoms with E-state index < -0.39 is 29.8 Å². The smallest absolute Gasteiger partial charge is 0.328 e. The number of esters is 2. The quantitative estimate of drug-likeness (QED) is 0.759. The van der Waals surface area contributed by atoms with Crippen molar-refractivity contribution in [1.29, 1.82) is 0 Å². The Labute approximate surface area is 158 Å². The maximum absolute atomic E-state index is 12.5. The van der Waals surface area contributed by atoms with Gasteiger partial charge in [-0.15, -0.1) is 0 Å². The molecule has 2 atom stereocenters. The maximum atomic E-state index is 12.5. The molecule has 0 aliphatic heterocycles. The number of rotatable bonds is 7. The molecular formula is C21H23NO5. The van der Waals surface area contributed by atoms with Crippen LogP contribution in [0.3, 0.4) is 0 Å². The average Bonchev–Trinajstić information content (AvgIpc) is 2.72. The lowest BCUT2D eigenvalue weighted by molar-refractivity contribution is -0.147. The number of methoxy groups -OCH3 is 2. The summed E-state index contributed by atoms with van der Waals surface area (Å²) >= 11 is 0. The van der Waals surface area contributed by atoms with E-state index in [9.17, 15) is 14.4 Å². The number of carbonyl (C=O) groups is 3. The van der Waals surface area contributed by atoms with Crippen LogP contribution in [-0.2, 0) is 19.1 Å². The Morgan fingerprint density at radius 1 is 0.852 bits per heavy atom. The molecule has 0 bridgehead atoms. The third-order valence-electron chi connectivity index (χ3n) is 4.24. The fraction of sp³-hybridized carbons (Fsp3) is 0.286. The first kappa shape index (κ1) is 20.2. The zero-order valence-electron chi connectivity index (χ0n) is 15.6. The van der Waals surface area contributed by atoms with Gasteiger partial charge in [-0.3, -0.25) is 9.59 Å². The second kappa shape index (κ2) is 9.52. The van der Waals surface area contributed by atoms with E-state index in [1.807, 2.05) is 42.5 Å². The van der Waals surface area contributed by atoms with Gasteiger partial charge in [0.1, 0.15) is 6.04 Å². The molecule has 142 valence electrons. The van der Waals surface area contributed by atoms with Gasteiger partial charge in [0.15, 0.2) is 0 Å². The normalized spacial score (nSPS) is 12.6. The van der Waals surface area contributed by atoms with Crippen molar-refractivity contribution in [1.82, 2.24) is 5.32 Å². The van der Waals surface area contributed by atoms with E-state index in [0.29, 0.717) is 5.56 Å². The Kier molecular flexibility index (Phi) is 7.11. The average molecular weight is 369 g/mol. The first-order chi connectivity index (χ1) is 13.0. The highest BCUT2D eigenvalue weighted by Gasteiger charge is 2.27. The van der Waals surface area contributed by atoms with Crippen LogP contribution in [0.25, 0.3) is 11.1 Å². The Bertz CT molecular complexity index is 786. The van der Waals surface area contributed by atoms with Gasteiger partial charge < -0.3 is 14.8 Å². The van der Waals surface area contributed by atoms with Crippen molar-refractivity contribution in [3.05, 3.63) is 60.2 Å². The molecule has 1 N–H and O–H groups in total. The minimum absolute atomic E-state index is 0.0905. The second-order valence-electron chi connectivity index (χ2n) is 6.15. The highest BCUT2D eigenvalue weighted by Crippen LogP contribution is 2.19. The molecule has 1 amide bonds. The van der Waals surface area contributed by atoms with Crippen LogP contribution in [0.4, 0.5) is 0 Å². The summed E-state index contributed by atoms with van der Waals surface area (Å²) < 4.78 is 9.40. The first-order valence-electron chi connectivity index (χ1n) is 8.58. The van der Waals surface area contributed by atoms with E-state index in [4.69, 9.17) is 4.74 Å². The lowest BCUT2D eigenvalue weighted by Crippen LogP contribution is -2.43. The summed E-state index contributed by atoms with van der Waals surface area (Å²) in [6.45, 7) is 1.63. The first-order valence-corrected chi connectivity index (χ1v) is 8.58. The number of nitrogens with one attached hydrogen (secondary N) is 1. The largest absolute Gasteiger partial charge is 0.469 e. The van der Waals surface area contributed by atoms with Gasteiger partial charge in [-0.1, -0.05) is 49.4 Å². The topological polar surface area (TPSA) is 81.7 Å². The van der Waals surface area contributed by atoms with Crippen LogP contribution < -0.4 is 5.32 Å². The molecule has 6 heteroatoms. The summed E-state index contributed by atoms with van der Waals surface area (Å²) in [7, 11) is 2.51. The Morgan fingerprint density at radius 2 is 1.41 bits per heavy atom. The van der Waals surface area contributed by atoms with Crippen LogP contribution in [0.2, 0.25) is 0 Å². The Morgan fingerprint density at radius 3 is 1.96 bits per heavy atom.